The summed E-state index contributed by atoms with van der Waals surface area (Å²) in [6, 6.07) is 17.8. The number of benzene rings is 2. The van der Waals surface area contributed by atoms with E-state index in [-0.39, 0.29) is 11.4 Å². The van der Waals surface area contributed by atoms with Crippen LogP contribution in [0.5, 0.6) is 0 Å². The van der Waals surface area contributed by atoms with E-state index >= 15 is 0 Å². The van der Waals surface area contributed by atoms with Crippen LogP contribution in [0, 0.1) is 22.7 Å². The maximum atomic E-state index is 9.43. The van der Waals surface area contributed by atoms with Gasteiger partial charge in [-0.15, -0.1) is 0 Å². The molecule has 1 heterocycles. The van der Waals surface area contributed by atoms with Gasteiger partial charge in [0, 0.05) is 0 Å². The molecule has 0 radical (unpaired) electrons. The van der Waals surface area contributed by atoms with E-state index in [4.69, 9.17) is 11.0 Å². The molecule has 5 heteroatoms. The van der Waals surface area contributed by atoms with Crippen molar-refractivity contribution in [2.75, 3.05) is 5.73 Å². The van der Waals surface area contributed by atoms with Gasteiger partial charge in [0.05, 0.1) is 11.3 Å². The van der Waals surface area contributed by atoms with Crippen LogP contribution in [0.3, 0.4) is 0 Å². The number of H-pyrrole nitrogens is 1. The number of fused-ring (bicyclic) bond motifs is 1. The number of rotatable bonds is 2. The zero-order chi connectivity index (χ0) is 15.5. The molecule has 0 unspecified atom stereocenters. The van der Waals surface area contributed by atoms with Gasteiger partial charge >= 0.3 is 0 Å². The highest BCUT2D eigenvalue weighted by atomic mass is 15.2. The number of nitrogen functional groups attached to an aromatic ring is 1. The number of hydrogen-bond donors (Lipinski definition) is 2. The van der Waals surface area contributed by atoms with Gasteiger partial charge in [-0.25, -0.2) is 0 Å². The molecular formula is C17H11N5. The predicted octanol–water partition coefficient (Wildman–Crippen LogP) is 3.08. The van der Waals surface area contributed by atoms with E-state index in [1.54, 1.807) is 6.08 Å². The van der Waals surface area contributed by atoms with Crippen molar-refractivity contribution >= 4 is 28.2 Å². The van der Waals surface area contributed by atoms with Crippen molar-refractivity contribution in [2.24, 2.45) is 0 Å². The fourth-order valence-corrected chi connectivity index (χ4v) is 2.36. The number of allylic oxidation sites excluding steroid dienone is 1. The van der Waals surface area contributed by atoms with Gasteiger partial charge in [0.25, 0.3) is 0 Å². The van der Waals surface area contributed by atoms with E-state index < -0.39 is 0 Å². The SMILES string of the molecule is N#CC(=Cc1cccc2ccccc12)c1[nH]nc(N)c1C#N. The van der Waals surface area contributed by atoms with Crippen molar-refractivity contribution in [2.45, 2.75) is 0 Å². The van der Waals surface area contributed by atoms with Gasteiger partial charge in [-0.05, 0) is 22.4 Å². The molecule has 0 atom stereocenters. The number of aromatic amines is 1. The molecule has 0 saturated heterocycles. The first-order chi connectivity index (χ1) is 10.7. The van der Waals surface area contributed by atoms with Crippen LogP contribution in [0.15, 0.2) is 42.5 Å². The Labute approximate surface area is 126 Å². The third kappa shape index (κ3) is 2.17. The van der Waals surface area contributed by atoms with E-state index in [9.17, 15) is 5.26 Å². The lowest BCUT2D eigenvalue weighted by molar-refractivity contribution is 1.08. The van der Waals surface area contributed by atoms with Gasteiger partial charge < -0.3 is 5.73 Å². The van der Waals surface area contributed by atoms with Crippen molar-refractivity contribution in [1.82, 2.24) is 10.2 Å². The number of anilines is 1. The molecule has 0 saturated carbocycles. The summed E-state index contributed by atoms with van der Waals surface area (Å²) in [5.41, 5.74) is 7.37. The largest absolute Gasteiger partial charge is 0.381 e. The maximum Gasteiger partial charge on any atom is 0.163 e. The highest BCUT2D eigenvalue weighted by Crippen LogP contribution is 2.26. The summed E-state index contributed by atoms with van der Waals surface area (Å²) >= 11 is 0. The summed E-state index contributed by atoms with van der Waals surface area (Å²) in [5, 5.41) is 27.1. The lowest BCUT2D eigenvalue weighted by Gasteiger charge is -2.03. The summed E-state index contributed by atoms with van der Waals surface area (Å²) < 4.78 is 0. The molecule has 0 amide bonds. The number of nitrogens with two attached hydrogens (primary N) is 1. The number of nitrogens with zero attached hydrogens (tertiary/aromatic N) is 3. The minimum Gasteiger partial charge on any atom is -0.381 e. The van der Waals surface area contributed by atoms with Crippen molar-refractivity contribution < 1.29 is 0 Å². The Balaban J connectivity index is 2.20. The fraction of sp³-hybridized carbons (Fsp3) is 0. The number of nitrogens with one attached hydrogen (secondary N) is 1. The van der Waals surface area contributed by atoms with Crippen LogP contribution in [-0.2, 0) is 0 Å². The Kier molecular flexibility index (Phi) is 3.31. The van der Waals surface area contributed by atoms with Crippen LogP contribution in [0.1, 0.15) is 16.8 Å². The van der Waals surface area contributed by atoms with Crippen LogP contribution in [-0.4, -0.2) is 10.2 Å². The summed E-state index contributed by atoms with van der Waals surface area (Å²) in [5.74, 6) is 0.0940. The number of aromatic nitrogens is 2. The molecule has 22 heavy (non-hydrogen) atoms. The van der Waals surface area contributed by atoms with E-state index in [0.717, 1.165) is 16.3 Å². The summed E-state index contributed by atoms with van der Waals surface area (Å²) in [7, 11) is 0. The van der Waals surface area contributed by atoms with Gasteiger partial charge in [0.15, 0.2) is 5.82 Å². The molecule has 0 fully saturated rings. The summed E-state index contributed by atoms with van der Waals surface area (Å²) in [6.45, 7) is 0. The Morgan fingerprint density at radius 1 is 1.14 bits per heavy atom. The average molecular weight is 285 g/mol. The first kappa shape index (κ1) is 13.4. The van der Waals surface area contributed by atoms with Gasteiger partial charge in [-0.3, -0.25) is 5.10 Å². The molecule has 2 aromatic carbocycles. The second-order valence-corrected chi connectivity index (χ2v) is 4.71. The molecule has 0 spiro atoms. The third-order valence-electron chi connectivity index (χ3n) is 3.42. The lowest BCUT2D eigenvalue weighted by atomic mass is 10.0. The molecule has 1 aromatic heterocycles. The second kappa shape index (κ2) is 5.43. The highest BCUT2D eigenvalue weighted by molar-refractivity contribution is 5.98. The van der Waals surface area contributed by atoms with Crippen LogP contribution in [0.25, 0.3) is 22.4 Å². The minimum atomic E-state index is 0.0940. The number of hydrogen-bond acceptors (Lipinski definition) is 4. The zero-order valence-corrected chi connectivity index (χ0v) is 11.5. The topological polar surface area (TPSA) is 102 Å². The average Bonchev–Trinajstić information content (AvgIpc) is 2.93. The molecule has 3 aromatic rings. The van der Waals surface area contributed by atoms with Gasteiger partial charge in [0.1, 0.15) is 17.7 Å². The molecular weight excluding hydrogens is 274 g/mol. The first-order valence-corrected chi connectivity index (χ1v) is 6.58. The normalized spacial score (nSPS) is 11.1. The molecule has 3 N–H and O–H groups in total. The van der Waals surface area contributed by atoms with Crippen molar-refractivity contribution in [1.29, 1.82) is 10.5 Å². The molecule has 0 aliphatic heterocycles. The third-order valence-corrected chi connectivity index (χ3v) is 3.42. The molecule has 5 nitrogen and oxygen atoms in total. The van der Waals surface area contributed by atoms with Gasteiger partial charge in [0.2, 0.25) is 0 Å². The first-order valence-electron chi connectivity index (χ1n) is 6.58. The quantitative estimate of drug-likeness (QED) is 0.706. The second-order valence-electron chi connectivity index (χ2n) is 4.71. The van der Waals surface area contributed by atoms with Crippen LogP contribution in [0.4, 0.5) is 5.82 Å². The molecule has 0 bridgehead atoms. The standard InChI is InChI=1S/C17H11N5/c18-9-13(16-15(10-19)17(20)22-21-16)8-12-6-3-5-11-4-1-2-7-14(11)12/h1-8H,(H3,20,21,22). The van der Waals surface area contributed by atoms with E-state index in [0.29, 0.717) is 11.3 Å². The lowest BCUT2D eigenvalue weighted by Crippen LogP contribution is -1.90. The van der Waals surface area contributed by atoms with Crippen molar-refractivity contribution in [3.05, 3.63) is 59.3 Å². The molecule has 3 rings (SSSR count). The zero-order valence-electron chi connectivity index (χ0n) is 11.5. The number of nitriles is 2. The Hall–Kier alpha value is -3.57. The fourth-order valence-electron chi connectivity index (χ4n) is 2.36. The van der Waals surface area contributed by atoms with Crippen LogP contribution < -0.4 is 5.73 Å². The van der Waals surface area contributed by atoms with E-state index in [1.807, 2.05) is 48.5 Å². The Morgan fingerprint density at radius 3 is 2.68 bits per heavy atom. The van der Waals surface area contributed by atoms with Crippen LogP contribution in [0.2, 0.25) is 0 Å². The van der Waals surface area contributed by atoms with E-state index in [1.165, 1.54) is 0 Å². The monoisotopic (exact) mass is 285 g/mol. The van der Waals surface area contributed by atoms with E-state index in [2.05, 4.69) is 16.3 Å². The van der Waals surface area contributed by atoms with Crippen molar-refractivity contribution in [3.8, 4) is 12.1 Å². The predicted molar refractivity (Wildman–Crippen MR) is 85.1 cm³/mol. The Bertz CT molecular complexity index is 961. The van der Waals surface area contributed by atoms with Gasteiger partial charge in [-0.2, -0.15) is 15.6 Å². The molecule has 0 aliphatic rings. The molecule has 0 aliphatic carbocycles. The Morgan fingerprint density at radius 2 is 1.91 bits per heavy atom. The van der Waals surface area contributed by atoms with Crippen molar-refractivity contribution in [3.63, 3.8) is 0 Å². The van der Waals surface area contributed by atoms with Gasteiger partial charge in [-0.1, -0.05) is 42.5 Å². The smallest absolute Gasteiger partial charge is 0.163 e. The minimum absolute atomic E-state index is 0.0940. The maximum absolute atomic E-state index is 9.43. The highest BCUT2D eigenvalue weighted by Gasteiger charge is 2.14. The molecule has 104 valence electrons. The summed E-state index contributed by atoms with van der Waals surface area (Å²) in [6.07, 6.45) is 1.73. The van der Waals surface area contributed by atoms with Crippen LogP contribution >= 0.6 is 0 Å². The summed E-state index contributed by atoms with van der Waals surface area (Å²) in [4.78, 5) is 0.